The fourth-order valence-electron chi connectivity index (χ4n) is 0.424. The van der Waals surface area contributed by atoms with E-state index in [1.807, 2.05) is 0 Å². The van der Waals surface area contributed by atoms with Crippen molar-refractivity contribution in [2.24, 2.45) is 0 Å². The van der Waals surface area contributed by atoms with E-state index in [1.54, 1.807) is 0 Å². The molecule has 0 saturated heterocycles. The molecular weight excluding hydrogens is 290 g/mol. The van der Waals surface area contributed by atoms with Crippen LogP contribution >= 0.6 is 0 Å². The molecule has 0 rings (SSSR count). The van der Waals surface area contributed by atoms with Gasteiger partial charge in [-0.1, -0.05) is 0 Å². The van der Waals surface area contributed by atoms with E-state index >= 15 is 0 Å². The SMILES string of the molecule is C#CC#CC#CC#CC#CC#CC#CC#C[CH2-].[Rb+]. The van der Waals surface area contributed by atoms with Gasteiger partial charge in [0.15, 0.2) is 0 Å². The molecule has 18 heavy (non-hydrogen) atoms. The monoisotopic (exact) mass is 292 g/mol. The normalized spacial score (nSPS) is 3.50. The van der Waals surface area contributed by atoms with E-state index in [4.69, 9.17) is 6.42 Å². The van der Waals surface area contributed by atoms with Crippen molar-refractivity contribution >= 4 is 0 Å². The summed E-state index contributed by atoms with van der Waals surface area (Å²) in [5.41, 5.74) is 0. The maximum absolute atomic E-state index is 4.88. The van der Waals surface area contributed by atoms with E-state index in [0.717, 1.165) is 0 Å². The van der Waals surface area contributed by atoms with Crippen LogP contribution in [0, 0.1) is 102 Å². The molecule has 0 fully saturated rings. The van der Waals surface area contributed by atoms with Crippen LogP contribution in [0.4, 0.5) is 0 Å². The molecule has 0 atom stereocenters. The topological polar surface area (TPSA) is 0 Å². The van der Waals surface area contributed by atoms with Crippen LogP contribution in [0.25, 0.3) is 0 Å². The predicted molar refractivity (Wildman–Crippen MR) is 68.6 cm³/mol. The third-order valence-corrected chi connectivity index (χ3v) is 0.911. The molecule has 0 N–H and O–H groups in total. The van der Waals surface area contributed by atoms with Gasteiger partial charge in [-0.15, -0.1) is 12.3 Å². The summed E-state index contributed by atoms with van der Waals surface area (Å²) >= 11 is 0. The maximum atomic E-state index is 4.88. The van der Waals surface area contributed by atoms with Crippen LogP contribution in [0.1, 0.15) is 0 Å². The molecule has 0 aliphatic heterocycles. The van der Waals surface area contributed by atoms with E-state index in [2.05, 4.69) is 95.7 Å². The fraction of sp³-hybridized carbons (Fsp3) is 0. The van der Waals surface area contributed by atoms with Gasteiger partial charge in [0.25, 0.3) is 0 Å². The molecule has 0 aliphatic carbocycles. The van der Waals surface area contributed by atoms with Crippen molar-refractivity contribution in [2.75, 3.05) is 0 Å². The Morgan fingerprint density at radius 3 is 1.06 bits per heavy atom. The molecule has 0 amide bonds. The second kappa shape index (κ2) is 17.5. The fourth-order valence-corrected chi connectivity index (χ4v) is 0.424. The van der Waals surface area contributed by atoms with Crippen LogP contribution in [0.3, 0.4) is 0 Å². The first-order chi connectivity index (χ1) is 8.41. The molecule has 0 unspecified atom stereocenters. The zero-order valence-corrected chi connectivity index (χ0v) is 14.7. The van der Waals surface area contributed by atoms with Gasteiger partial charge in [-0.2, -0.15) is 6.92 Å². The van der Waals surface area contributed by atoms with Crippen molar-refractivity contribution in [2.45, 2.75) is 0 Å². The largest absolute Gasteiger partial charge is 1.00 e. The Morgan fingerprint density at radius 1 is 0.500 bits per heavy atom. The van der Waals surface area contributed by atoms with Crippen molar-refractivity contribution in [3.8, 4) is 95.2 Å². The van der Waals surface area contributed by atoms with Crippen molar-refractivity contribution in [1.82, 2.24) is 0 Å². The summed E-state index contributed by atoms with van der Waals surface area (Å²) in [6.07, 6.45) is 4.88. The Hall–Kier alpha value is -1.84. The number of hydrogen-bond acceptors (Lipinski definition) is 0. The molecular formula is C17H3Rb. The summed E-state index contributed by atoms with van der Waals surface area (Å²) in [7, 11) is 0. The standard InChI is InChI=1S/C17H3.Rb/c1-3-5-7-9-11-13-15-17-16-14-12-10-8-6-4-2;/h1H,2H2;/q-1;+1. The molecule has 0 bridgehead atoms. The Balaban J connectivity index is 0. The zero-order chi connectivity index (χ0) is 12.6. The van der Waals surface area contributed by atoms with Gasteiger partial charge in [-0.05, 0) is 71.0 Å². The van der Waals surface area contributed by atoms with Crippen LogP contribution in [0.15, 0.2) is 0 Å². The Bertz CT molecular complexity index is 739. The van der Waals surface area contributed by atoms with Gasteiger partial charge in [-0.3, -0.25) is 5.92 Å². The van der Waals surface area contributed by atoms with E-state index in [0.29, 0.717) is 0 Å². The first kappa shape index (κ1) is 18.5. The van der Waals surface area contributed by atoms with E-state index < -0.39 is 0 Å². The molecule has 0 spiro atoms. The van der Waals surface area contributed by atoms with Crippen molar-refractivity contribution < 1.29 is 58.2 Å². The summed E-state index contributed by atoms with van der Waals surface area (Å²) in [4.78, 5) is 0. The van der Waals surface area contributed by atoms with Gasteiger partial charge in [0, 0.05) is 0 Å². The first-order valence-electron chi connectivity index (χ1n) is 4.14. The third kappa shape index (κ3) is 16.6. The average Bonchev–Trinajstić information content (AvgIpc) is 2.35. The van der Waals surface area contributed by atoms with Gasteiger partial charge in [-0.25, -0.2) is 5.92 Å². The van der Waals surface area contributed by atoms with Gasteiger partial charge in [0.1, 0.15) is 0 Å². The summed E-state index contributed by atoms with van der Waals surface area (Å²) in [5.74, 6) is 36.3. The molecule has 0 nitrogen and oxygen atoms in total. The minimum absolute atomic E-state index is 0. The summed E-state index contributed by atoms with van der Waals surface area (Å²) in [5, 5.41) is 0. The van der Waals surface area contributed by atoms with Crippen LogP contribution in [-0.2, 0) is 0 Å². The van der Waals surface area contributed by atoms with Gasteiger partial charge < -0.3 is 0 Å². The first-order valence-corrected chi connectivity index (χ1v) is 4.14. The van der Waals surface area contributed by atoms with Gasteiger partial charge in [0.2, 0.25) is 0 Å². The molecule has 0 heterocycles. The number of hydrogen-bond donors (Lipinski definition) is 0. The molecule has 72 valence electrons. The van der Waals surface area contributed by atoms with Crippen molar-refractivity contribution in [3.63, 3.8) is 0 Å². The van der Waals surface area contributed by atoms with E-state index in [-0.39, 0.29) is 58.2 Å². The molecule has 0 radical (unpaired) electrons. The van der Waals surface area contributed by atoms with Crippen molar-refractivity contribution in [3.05, 3.63) is 6.92 Å². The summed E-state index contributed by atoms with van der Waals surface area (Å²) in [6, 6.07) is 0. The number of rotatable bonds is 0. The minimum atomic E-state index is 0. The van der Waals surface area contributed by atoms with Crippen LogP contribution in [0.5, 0.6) is 0 Å². The molecule has 0 saturated carbocycles. The Kier molecular flexibility index (Phi) is 18.1. The third-order valence-electron chi connectivity index (χ3n) is 0.911. The second-order valence-electron chi connectivity index (χ2n) is 1.95. The van der Waals surface area contributed by atoms with Gasteiger partial charge in [0.05, 0.1) is 0 Å². The molecule has 0 aliphatic rings. The molecule has 0 aromatic carbocycles. The minimum Gasteiger partial charge on any atom is -0.284 e. The van der Waals surface area contributed by atoms with Crippen LogP contribution < -0.4 is 58.2 Å². The molecule has 1 heteroatoms. The molecule has 0 aromatic rings. The Morgan fingerprint density at radius 2 is 0.778 bits per heavy atom. The number of terminal acetylenes is 1. The summed E-state index contributed by atoms with van der Waals surface area (Å²) < 4.78 is 0. The van der Waals surface area contributed by atoms with Crippen LogP contribution in [0.2, 0.25) is 0 Å². The molecule has 0 aromatic heterocycles. The quantitative estimate of drug-likeness (QED) is 0.342. The second-order valence-corrected chi connectivity index (χ2v) is 1.95. The average molecular weight is 293 g/mol. The summed E-state index contributed by atoms with van der Waals surface area (Å²) in [6.45, 7) is 3.29. The maximum Gasteiger partial charge on any atom is 1.00 e. The Labute approximate surface area is 158 Å². The van der Waals surface area contributed by atoms with E-state index in [1.165, 1.54) is 0 Å². The van der Waals surface area contributed by atoms with Gasteiger partial charge >= 0.3 is 58.2 Å². The van der Waals surface area contributed by atoms with Crippen LogP contribution in [-0.4, -0.2) is 0 Å². The zero-order valence-electron chi connectivity index (χ0n) is 9.78. The smallest absolute Gasteiger partial charge is 0.284 e. The van der Waals surface area contributed by atoms with E-state index in [9.17, 15) is 0 Å². The predicted octanol–water partition coefficient (Wildman–Crippen LogP) is -2.52. The van der Waals surface area contributed by atoms with Crippen molar-refractivity contribution in [1.29, 1.82) is 0 Å².